The van der Waals surface area contributed by atoms with Gasteiger partial charge in [0.1, 0.15) is 6.10 Å². The van der Waals surface area contributed by atoms with Crippen LogP contribution < -0.4 is 0 Å². The van der Waals surface area contributed by atoms with Gasteiger partial charge in [-0.15, -0.1) is 0 Å². The molecule has 0 aromatic carbocycles. The summed E-state index contributed by atoms with van der Waals surface area (Å²) in [6.07, 6.45) is 20.2. The highest BCUT2D eigenvalue weighted by atomic mass is 16.4. The number of aliphatic hydroxyl groups excluding tert-OH is 2. The molecule has 0 saturated heterocycles. The van der Waals surface area contributed by atoms with Gasteiger partial charge >= 0.3 is 0 Å². The van der Waals surface area contributed by atoms with Crippen LogP contribution >= 0.6 is 0 Å². The molecule has 0 radical (unpaired) electrons. The van der Waals surface area contributed by atoms with Crippen molar-refractivity contribution in [1.29, 1.82) is 0 Å². The highest BCUT2D eigenvalue weighted by Gasteiger charge is 2.39. The summed E-state index contributed by atoms with van der Waals surface area (Å²) in [6.45, 7) is 2.92. The molecule has 4 heteroatoms. The van der Waals surface area contributed by atoms with Gasteiger partial charge in [0, 0.05) is 0 Å². The van der Waals surface area contributed by atoms with E-state index in [-0.39, 0.29) is 6.42 Å². The predicted octanol–water partition coefficient (Wildman–Crippen LogP) is 5.09. The number of ketones is 1. The Morgan fingerprint density at radius 2 is 1.30 bits per heavy atom. The zero-order chi connectivity index (χ0) is 20.4. The fourth-order valence-electron chi connectivity index (χ4n) is 3.37. The van der Waals surface area contributed by atoms with Crippen molar-refractivity contribution in [3.63, 3.8) is 0 Å². The molecule has 2 atom stereocenters. The van der Waals surface area contributed by atoms with Crippen molar-refractivity contribution in [2.45, 2.75) is 122 Å². The van der Waals surface area contributed by atoms with Crippen LogP contribution in [0.25, 0.3) is 0 Å². The second-order valence-corrected chi connectivity index (χ2v) is 7.87. The molecule has 0 bridgehead atoms. The van der Waals surface area contributed by atoms with Crippen molar-refractivity contribution in [3.8, 4) is 0 Å². The first-order chi connectivity index (χ1) is 13.0. The largest absolute Gasteiger partial charge is 0.394 e. The van der Waals surface area contributed by atoms with Gasteiger partial charge in [-0.1, -0.05) is 83.3 Å². The maximum absolute atomic E-state index is 11.5. The van der Waals surface area contributed by atoms with Crippen LogP contribution in [0.2, 0.25) is 0 Å². The molecule has 0 heterocycles. The number of aliphatic hydroxyl groups is 3. The zero-order valence-electron chi connectivity index (χ0n) is 17.8. The van der Waals surface area contributed by atoms with Crippen LogP contribution in [0.5, 0.6) is 0 Å². The zero-order valence-corrected chi connectivity index (χ0v) is 17.8. The third-order valence-electron chi connectivity index (χ3n) is 5.40. The smallest absolute Gasteiger partial charge is 0.164 e. The normalized spacial score (nSPS) is 15.1. The number of hydrogen-bond acceptors (Lipinski definition) is 4. The van der Waals surface area contributed by atoms with E-state index in [0.717, 1.165) is 25.7 Å². The summed E-state index contributed by atoms with van der Waals surface area (Å²) in [6, 6.07) is 0. The molecule has 0 aliphatic carbocycles. The van der Waals surface area contributed by atoms with Gasteiger partial charge in [-0.3, -0.25) is 4.79 Å². The topological polar surface area (TPSA) is 77.8 Å². The van der Waals surface area contributed by atoms with Gasteiger partial charge in [-0.25, -0.2) is 0 Å². The minimum Gasteiger partial charge on any atom is -0.394 e. The standard InChI is InChI=1S/C23H44O4/c1-3-4-5-6-7-8-9-10-11-12-13-14-15-16-17-18-19-23(27,21(2)25)22(26)20-24/h10-11,22,24,26-27H,3-9,12-20H2,1-2H3/b11-10+. The fourth-order valence-corrected chi connectivity index (χ4v) is 3.37. The number of carbonyl (C=O) groups excluding carboxylic acids is 1. The SMILES string of the molecule is CCCCCCCC/C=C/CCCCCCCCC(O)(C(C)=O)C(O)CO. The molecular formula is C23H44O4. The highest BCUT2D eigenvalue weighted by Crippen LogP contribution is 2.21. The van der Waals surface area contributed by atoms with Crippen LogP contribution in [0, 0.1) is 0 Å². The Morgan fingerprint density at radius 3 is 1.74 bits per heavy atom. The molecule has 0 aliphatic rings. The van der Waals surface area contributed by atoms with Crippen molar-refractivity contribution in [2.75, 3.05) is 6.61 Å². The van der Waals surface area contributed by atoms with E-state index in [4.69, 9.17) is 5.11 Å². The maximum atomic E-state index is 11.5. The molecule has 0 saturated carbocycles. The van der Waals surface area contributed by atoms with Crippen LogP contribution in [-0.4, -0.2) is 39.4 Å². The van der Waals surface area contributed by atoms with Crippen LogP contribution in [0.4, 0.5) is 0 Å². The molecule has 0 aromatic heterocycles. The van der Waals surface area contributed by atoms with Gasteiger partial charge in [0.2, 0.25) is 0 Å². The molecule has 160 valence electrons. The molecule has 2 unspecified atom stereocenters. The summed E-state index contributed by atoms with van der Waals surface area (Å²) < 4.78 is 0. The summed E-state index contributed by atoms with van der Waals surface area (Å²) >= 11 is 0. The van der Waals surface area contributed by atoms with Crippen molar-refractivity contribution >= 4 is 5.78 Å². The Labute approximate surface area is 167 Å². The number of Topliss-reactive ketones (excluding diaryl/α,β-unsaturated/α-hetero) is 1. The molecule has 4 nitrogen and oxygen atoms in total. The monoisotopic (exact) mass is 384 g/mol. The third kappa shape index (κ3) is 13.2. The van der Waals surface area contributed by atoms with Gasteiger partial charge in [-0.2, -0.15) is 0 Å². The number of carbonyl (C=O) groups is 1. The Kier molecular flexibility index (Phi) is 16.9. The van der Waals surface area contributed by atoms with Crippen LogP contribution in [-0.2, 0) is 4.79 Å². The Hall–Kier alpha value is -0.710. The lowest BCUT2D eigenvalue weighted by Crippen LogP contribution is -2.50. The highest BCUT2D eigenvalue weighted by molar-refractivity contribution is 5.85. The summed E-state index contributed by atoms with van der Waals surface area (Å²) in [5.41, 5.74) is -1.80. The first-order valence-electron chi connectivity index (χ1n) is 11.2. The van der Waals surface area contributed by atoms with Gasteiger partial charge in [0.05, 0.1) is 6.61 Å². The molecule has 0 spiro atoms. The molecule has 0 aliphatic heterocycles. The second-order valence-electron chi connectivity index (χ2n) is 7.87. The molecular weight excluding hydrogens is 340 g/mol. The van der Waals surface area contributed by atoms with Crippen molar-refractivity contribution in [3.05, 3.63) is 12.2 Å². The molecule has 3 N–H and O–H groups in total. The minimum absolute atomic E-state index is 0.214. The van der Waals surface area contributed by atoms with Gasteiger partial charge in [0.15, 0.2) is 11.4 Å². The van der Waals surface area contributed by atoms with E-state index in [1.165, 1.54) is 64.7 Å². The molecule has 27 heavy (non-hydrogen) atoms. The predicted molar refractivity (Wildman–Crippen MR) is 113 cm³/mol. The average molecular weight is 385 g/mol. The number of hydrogen-bond donors (Lipinski definition) is 3. The molecule has 0 amide bonds. The van der Waals surface area contributed by atoms with E-state index in [2.05, 4.69) is 19.1 Å². The van der Waals surface area contributed by atoms with E-state index in [1.807, 2.05) is 0 Å². The number of rotatable bonds is 19. The van der Waals surface area contributed by atoms with Crippen molar-refractivity contribution < 1.29 is 20.1 Å². The lowest BCUT2D eigenvalue weighted by Gasteiger charge is -2.29. The number of allylic oxidation sites excluding steroid dienone is 2. The Balaban J connectivity index is 3.52. The lowest BCUT2D eigenvalue weighted by atomic mass is 9.87. The summed E-state index contributed by atoms with van der Waals surface area (Å²) in [7, 11) is 0. The van der Waals surface area contributed by atoms with Gasteiger partial charge < -0.3 is 15.3 Å². The second kappa shape index (κ2) is 17.4. The molecule has 0 aromatic rings. The third-order valence-corrected chi connectivity index (χ3v) is 5.40. The Morgan fingerprint density at radius 1 is 0.852 bits per heavy atom. The first-order valence-corrected chi connectivity index (χ1v) is 11.2. The summed E-state index contributed by atoms with van der Waals surface area (Å²) in [5.74, 6) is -0.475. The van der Waals surface area contributed by atoms with Crippen LogP contribution in [0.3, 0.4) is 0 Å². The average Bonchev–Trinajstić information content (AvgIpc) is 2.66. The van der Waals surface area contributed by atoms with E-state index in [9.17, 15) is 15.0 Å². The summed E-state index contributed by atoms with van der Waals surface area (Å²) in [5, 5.41) is 28.8. The Bertz CT molecular complexity index is 381. The van der Waals surface area contributed by atoms with Crippen LogP contribution in [0.1, 0.15) is 110 Å². The molecule has 0 rings (SSSR count). The van der Waals surface area contributed by atoms with E-state index in [0.29, 0.717) is 6.42 Å². The number of unbranched alkanes of at least 4 members (excludes halogenated alkanes) is 12. The van der Waals surface area contributed by atoms with Gasteiger partial charge in [-0.05, 0) is 39.0 Å². The first kappa shape index (κ1) is 26.3. The van der Waals surface area contributed by atoms with E-state index >= 15 is 0 Å². The minimum atomic E-state index is -1.80. The quantitative estimate of drug-likeness (QED) is 0.214. The summed E-state index contributed by atoms with van der Waals surface area (Å²) in [4.78, 5) is 11.5. The van der Waals surface area contributed by atoms with E-state index < -0.39 is 24.1 Å². The van der Waals surface area contributed by atoms with Gasteiger partial charge in [0.25, 0.3) is 0 Å². The van der Waals surface area contributed by atoms with Crippen LogP contribution in [0.15, 0.2) is 12.2 Å². The van der Waals surface area contributed by atoms with E-state index in [1.54, 1.807) is 0 Å². The maximum Gasteiger partial charge on any atom is 0.164 e. The van der Waals surface area contributed by atoms with Crippen molar-refractivity contribution in [2.24, 2.45) is 0 Å². The molecule has 0 fully saturated rings. The fraction of sp³-hybridized carbons (Fsp3) is 0.870. The van der Waals surface area contributed by atoms with Crippen molar-refractivity contribution in [1.82, 2.24) is 0 Å². The lowest BCUT2D eigenvalue weighted by molar-refractivity contribution is -0.153.